The molecule has 7 heteroatoms. The number of guanidine groups is 1. The van der Waals surface area contributed by atoms with Gasteiger partial charge in [0.1, 0.15) is 5.60 Å². The highest BCUT2D eigenvalue weighted by Crippen LogP contribution is 2.18. The minimum Gasteiger partial charge on any atom is -0.444 e. The number of rotatable bonds is 3. The van der Waals surface area contributed by atoms with E-state index >= 15 is 0 Å². The van der Waals surface area contributed by atoms with E-state index < -0.39 is 5.60 Å². The van der Waals surface area contributed by atoms with Gasteiger partial charge in [0.05, 0.1) is 6.54 Å². The van der Waals surface area contributed by atoms with Gasteiger partial charge in [0.2, 0.25) is 0 Å². The molecular weight excluding hydrogens is 324 g/mol. The summed E-state index contributed by atoms with van der Waals surface area (Å²) in [7, 11) is 0. The van der Waals surface area contributed by atoms with Gasteiger partial charge in [0, 0.05) is 35.9 Å². The Balaban J connectivity index is 1.82. The molecule has 0 aliphatic carbocycles. The lowest BCUT2D eigenvalue weighted by atomic mass is 10.2. The molecule has 0 atom stereocenters. The van der Waals surface area contributed by atoms with Crippen molar-refractivity contribution in [2.24, 2.45) is 10.7 Å². The monoisotopic (exact) mass is 352 g/mol. The second-order valence-electron chi connectivity index (χ2n) is 6.85. The number of carbonyl (C=O) groups is 1. The molecule has 24 heavy (non-hydrogen) atoms. The van der Waals surface area contributed by atoms with Crippen LogP contribution in [0.15, 0.2) is 17.1 Å². The van der Waals surface area contributed by atoms with E-state index in [4.69, 9.17) is 10.5 Å². The van der Waals surface area contributed by atoms with E-state index in [0.717, 1.165) is 6.42 Å². The van der Waals surface area contributed by atoms with Gasteiger partial charge in [-0.15, -0.1) is 11.3 Å². The van der Waals surface area contributed by atoms with E-state index in [2.05, 4.69) is 24.0 Å². The van der Waals surface area contributed by atoms with Crippen LogP contribution >= 0.6 is 11.3 Å². The summed E-state index contributed by atoms with van der Waals surface area (Å²) in [5.74, 6) is 0.547. The van der Waals surface area contributed by atoms with Gasteiger partial charge in [-0.05, 0) is 39.3 Å². The second kappa shape index (κ2) is 7.88. The number of nitrogens with zero attached hydrogens (tertiary/aromatic N) is 3. The molecule has 2 rings (SSSR count). The van der Waals surface area contributed by atoms with Crippen LogP contribution in [0, 0.1) is 0 Å². The van der Waals surface area contributed by atoms with E-state index in [1.807, 2.05) is 25.7 Å². The van der Waals surface area contributed by atoms with Crippen molar-refractivity contribution in [1.82, 2.24) is 9.80 Å². The van der Waals surface area contributed by atoms with Gasteiger partial charge in [0.15, 0.2) is 5.96 Å². The van der Waals surface area contributed by atoms with Crippen LogP contribution in [0.2, 0.25) is 0 Å². The lowest BCUT2D eigenvalue weighted by Gasteiger charge is -2.36. The topological polar surface area (TPSA) is 71.2 Å². The first kappa shape index (κ1) is 18.6. The van der Waals surface area contributed by atoms with E-state index in [-0.39, 0.29) is 6.09 Å². The number of amides is 1. The van der Waals surface area contributed by atoms with Crippen LogP contribution < -0.4 is 5.73 Å². The van der Waals surface area contributed by atoms with Gasteiger partial charge >= 0.3 is 6.09 Å². The third kappa shape index (κ3) is 5.40. The standard InChI is InChI=1S/C17H28N4O2S/c1-5-13-6-7-14(24-13)12-19-15(18)20-8-10-21(11-9-20)16(22)23-17(2,3)4/h6-7H,5,8-12H2,1-4H3,(H2,18,19). The van der Waals surface area contributed by atoms with Gasteiger partial charge in [-0.1, -0.05) is 6.92 Å². The maximum Gasteiger partial charge on any atom is 0.410 e. The summed E-state index contributed by atoms with van der Waals surface area (Å²) in [6, 6.07) is 4.26. The molecule has 0 aromatic carbocycles. The lowest BCUT2D eigenvalue weighted by molar-refractivity contribution is 0.0186. The van der Waals surface area contributed by atoms with Crippen LogP contribution in [-0.2, 0) is 17.7 Å². The van der Waals surface area contributed by atoms with Crippen LogP contribution in [0.3, 0.4) is 0 Å². The van der Waals surface area contributed by atoms with Crippen molar-refractivity contribution in [3.05, 3.63) is 21.9 Å². The highest BCUT2D eigenvalue weighted by Gasteiger charge is 2.26. The van der Waals surface area contributed by atoms with Crippen LogP contribution in [0.5, 0.6) is 0 Å². The summed E-state index contributed by atoms with van der Waals surface area (Å²) >= 11 is 1.78. The first-order valence-corrected chi connectivity index (χ1v) is 9.20. The van der Waals surface area contributed by atoms with Crippen molar-refractivity contribution in [1.29, 1.82) is 0 Å². The van der Waals surface area contributed by atoms with E-state index in [1.165, 1.54) is 9.75 Å². The average molecular weight is 353 g/mol. The predicted octanol–water partition coefficient (Wildman–Crippen LogP) is 2.68. The molecule has 1 fully saturated rings. The van der Waals surface area contributed by atoms with Crippen molar-refractivity contribution in [2.75, 3.05) is 26.2 Å². The minimum absolute atomic E-state index is 0.261. The smallest absolute Gasteiger partial charge is 0.410 e. The fourth-order valence-electron chi connectivity index (χ4n) is 2.40. The Bertz CT molecular complexity index is 584. The Morgan fingerprint density at radius 1 is 1.21 bits per heavy atom. The summed E-state index contributed by atoms with van der Waals surface area (Å²) in [6.07, 6.45) is 0.791. The van der Waals surface area contributed by atoms with Crippen LogP contribution in [0.1, 0.15) is 37.4 Å². The number of thiophene rings is 1. The first-order chi connectivity index (χ1) is 11.3. The number of hydrogen-bond acceptors (Lipinski definition) is 4. The largest absolute Gasteiger partial charge is 0.444 e. The number of piperazine rings is 1. The molecule has 2 heterocycles. The zero-order valence-corrected chi connectivity index (χ0v) is 15.9. The molecule has 6 nitrogen and oxygen atoms in total. The molecule has 1 saturated heterocycles. The molecule has 0 radical (unpaired) electrons. The highest BCUT2D eigenvalue weighted by atomic mass is 32.1. The molecule has 0 unspecified atom stereocenters. The lowest BCUT2D eigenvalue weighted by Crippen LogP contribution is -2.53. The summed E-state index contributed by atoms with van der Waals surface area (Å²) in [4.78, 5) is 22.9. The number of nitrogens with two attached hydrogens (primary N) is 1. The van der Waals surface area contributed by atoms with Gasteiger partial charge in [-0.3, -0.25) is 0 Å². The van der Waals surface area contributed by atoms with Crippen molar-refractivity contribution >= 4 is 23.4 Å². The maximum atomic E-state index is 12.1. The Morgan fingerprint density at radius 3 is 2.33 bits per heavy atom. The van der Waals surface area contributed by atoms with Crippen molar-refractivity contribution in [3.63, 3.8) is 0 Å². The number of carbonyl (C=O) groups excluding carboxylic acids is 1. The van der Waals surface area contributed by atoms with Gasteiger partial charge in [-0.2, -0.15) is 0 Å². The minimum atomic E-state index is -0.466. The average Bonchev–Trinajstić information content (AvgIpc) is 2.99. The third-order valence-electron chi connectivity index (χ3n) is 3.72. The molecule has 1 aromatic heterocycles. The fraction of sp³-hybridized carbons (Fsp3) is 0.647. The fourth-order valence-corrected chi connectivity index (χ4v) is 3.28. The molecule has 1 aliphatic heterocycles. The van der Waals surface area contributed by atoms with Crippen molar-refractivity contribution in [3.8, 4) is 0 Å². The molecule has 0 bridgehead atoms. The Hall–Kier alpha value is -1.76. The molecule has 2 N–H and O–H groups in total. The maximum absolute atomic E-state index is 12.1. The first-order valence-electron chi connectivity index (χ1n) is 8.39. The Labute approximate surface area is 148 Å². The zero-order chi connectivity index (χ0) is 17.7. The summed E-state index contributed by atoms with van der Waals surface area (Å²) in [6.45, 7) is 11.0. The summed E-state index contributed by atoms with van der Waals surface area (Å²) in [5, 5.41) is 0. The Kier molecular flexibility index (Phi) is 6.10. The quantitative estimate of drug-likeness (QED) is 0.671. The Morgan fingerprint density at radius 2 is 1.79 bits per heavy atom. The molecule has 0 spiro atoms. The number of aryl methyl sites for hydroxylation is 1. The highest BCUT2D eigenvalue weighted by molar-refractivity contribution is 7.11. The normalized spacial score (nSPS) is 16.4. The van der Waals surface area contributed by atoms with Crippen molar-refractivity contribution in [2.45, 2.75) is 46.3 Å². The van der Waals surface area contributed by atoms with Gasteiger partial charge in [0.25, 0.3) is 0 Å². The number of hydrogen-bond donors (Lipinski definition) is 1. The molecule has 0 saturated carbocycles. The number of aliphatic imine (C=N–C) groups is 1. The second-order valence-corrected chi connectivity index (χ2v) is 8.10. The molecule has 1 aromatic rings. The predicted molar refractivity (Wildman–Crippen MR) is 98.4 cm³/mol. The van der Waals surface area contributed by atoms with Crippen LogP contribution in [-0.4, -0.2) is 53.6 Å². The molecule has 1 amide bonds. The zero-order valence-electron chi connectivity index (χ0n) is 15.0. The van der Waals surface area contributed by atoms with Crippen LogP contribution in [0.25, 0.3) is 0 Å². The molecular formula is C17H28N4O2S. The third-order valence-corrected chi connectivity index (χ3v) is 4.93. The number of ether oxygens (including phenoxy) is 1. The van der Waals surface area contributed by atoms with Gasteiger partial charge < -0.3 is 20.3 Å². The van der Waals surface area contributed by atoms with E-state index in [9.17, 15) is 4.79 Å². The van der Waals surface area contributed by atoms with Crippen LogP contribution in [0.4, 0.5) is 4.79 Å². The van der Waals surface area contributed by atoms with Crippen molar-refractivity contribution < 1.29 is 9.53 Å². The SMILES string of the molecule is CCc1ccc(CN=C(N)N2CCN(C(=O)OC(C)(C)C)CC2)s1. The van der Waals surface area contributed by atoms with E-state index in [0.29, 0.717) is 38.7 Å². The molecule has 134 valence electrons. The van der Waals surface area contributed by atoms with E-state index in [1.54, 1.807) is 16.2 Å². The van der Waals surface area contributed by atoms with Gasteiger partial charge in [-0.25, -0.2) is 9.79 Å². The summed E-state index contributed by atoms with van der Waals surface area (Å²) < 4.78 is 5.40. The molecule has 1 aliphatic rings. The summed E-state index contributed by atoms with van der Waals surface area (Å²) in [5.41, 5.74) is 5.64.